The van der Waals surface area contributed by atoms with Crippen molar-refractivity contribution in [3.8, 4) is 0 Å². The number of anilines is 2. The quantitative estimate of drug-likeness (QED) is 0.687. The third-order valence-corrected chi connectivity index (χ3v) is 2.46. The van der Waals surface area contributed by atoms with Crippen LogP contribution in [0.1, 0.15) is 10.4 Å². The average Bonchev–Trinajstić information content (AvgIpc) is 2.34. The van der Waals surface area contributed by atoms with Crippen LogP contribution in [0.15, 0.2) is 24.5 Å². The monoisotopic (exact) mass is 269 g/mol. The molecule has 1 heterocycles. The third kappa shape index (κ3) is 2.28. The molecular weight excluding hydrogens is 264 g/mol. The van der Waals surface area contributed by atoms with Gasteiger partial charge in [0, 0.05) is 0 Å². The van der Waals surface area contributed by atoms with Crippen molar-refractivity contribution in [2.45, 2.75) is 0 Å². The second-order valence-corrected chi connectivity index (χ2v) is 3.62. The molecule has 0 atom stereocenters. The number of nitrogens with zero attached hydrogens (tertiary/aromatic N) is 2. The van der Waals surface area contributed by atoms with Gasteiger partial charge in [-0.1, -0.05) is 17.7 Å². The van der Waals surface area contributed by atoms with Crippen LogP contribution in [0.4, 0.5) is 20.3 Å². The van der Waals surface area contributed by atoms with E-state index in [4.69, 9.17) is 11.6 Å². The number of carbonyl (C=O) groups excluding carboxylic acids is 1. The molecule has 1 aromatic heterocycles. The minimum Gasteiger partial charge on any atom is -0.335 e. The molecule has 2 aromatic rings. The number of halogens is 3. The van der Waals surface area contributed by atoms with Crippen LogP contribution >= 0.6 is 11.6 Å². The smallest absolute Gasteiger partial charge is 0.156 e. The fourth-order valence-corrected chi connectivity index (χ4v) is 1.49. The predicted molar refractivity (Wildman–Crippen MR) is 62.1 cm³/mol. The van der Waals surface area contributed by atoms with Crippen molar-refractivity contribution in [1.82, 2.24) is 9.97 Å². The number of hydrogen-bond donors (Lipinski definition) is 1. The van der Waals surface area contributed by atoms with Gasteiger partial charge >= 0.3 is 0 Å². The normalized spacial score (nSPS) is 10.2. The molecular formula is C11H6ClF2N3O. The Bertz CT molecular complexity index is 587. The van der Waals surface area contributed by atoms with Crippen LogP contribution in [0.3, 0.4) is 0 Å². The molecule has 0 bridgehead atoms. The van der Waals surface area contributed by atoms with Crippen molar-refractivity contribution in [3.05, 3.63) is 46.9 Å². The number of benzene rings is 1. The summed E-state index contributed by atoms with van der Waals surface area (Å²) in [6.07, 6.45) is 1.49. The third-order valence-electron chi connectivity index (χ3n) is 2.16. The van der Waals surface area contributed by atoms with Crippen molar-refractivity contribution in [2.75, 3.05) is 5.32 Å². The lowest BCUT2D eigenvalue weighted by Crippen LogP contribution is -2.03. The van der Waals surface area contributed by atoms with Crippen LogP contribution in [0, 0.1) is 11.6 Å². The van der Waals surface area contributed by atoms with Gasteiger partial charge in [-0.15, -0.1) is 0 Å². The van der Waals surface area contributed by atoms with Gasteiger partial charge in [0.15, 0.2) is 6.29 Å². The van der Waals surface area contributed by atoms with Gasteiger partial charge in [0.2, 0.25) is 0 Å². The molecule has 0 aliphatic carbocycles. The fourth-order valence-electron chi connectivity index (χ4n) is 1.31. The molecule has 0 fully saturated rings. The summed E-state index contributed by atoms with van der Waals surface area (Å²) in [5.74, 6) is -1.67. The summed E-state index contributed by atoms with van der Waals surface area (Å²) in [4.78, 5) is 18.1. The Morgan fingerprint density at radius 1 is 1.22 bits per heavy atom. The minimum atomic E-state index is -0.804. The number of hydrogen-bond acceptors (Lipinski definition) is 4. The van der Waals surface area contributed by atoms with E-state index < -0.39 is 17.3 Å². The molecule has 0 spiro atoms. The molecule has 0 saturated heterocycles. The largest absolute Gasteiger partial charge is 0.335 e. The number of para-hydroxylation sites is 1. The number of rotatable bonds is 3. The highest BCUT2D eigenvalue weighted by Crippen LogP contribution is 2.25. The number of carbonyl (C=O) groups is 1. The van der Waals surface area contributed by atoms with Gasteiger partial charge in [-0.05, 0) is 12.1 Å². The van der Waals surface area contributed by atoms with E-state index >= 15 is 0 Å². The molecule has 7 heteroatoms. The van der Waals surface area contributed by atoms with Crippen LogP contribution in [0.2, 0.25) is 5.15 Å². The van der Waals surface area contributed by atoms with E-state index in [0.717, 1.165) is 18.5 Å². The first-order valence-electron chi connectivity index (χ1n) is 4.80. The van der Waals surface area contributed by atoms with Crippen LogP contribution in [0.25, 0.3) is 0 Å². The van der Waals surface area contributed by atoms with E-state index in [0.29, 0.717) is 6.29 Å². The Balaban J connectivity index is 2.46. The molecule has 92 valence electrons. The molecule has 2 rings (SSSR count). The maximum Gasteiger partial charge on any atom is 0.156 e. The highest BCUT2D eigenvalue weighted by molar-refractivity contribution is 6.32. The maximum absolute atomic E-state index is 13.4. The standard InChI is InChI=1S/C11H6ClF2N3O/c12-10-6(4-18)11(16-5-15-10)17-9-7(13)2-1-3-8(9)14/h1-5H,(H,15,16,17). The van der Waals surface area contributed by atoms with E-state index in [9.17, 15) is 13.6 Å². The zero-order valence-corrected chi connectivity index (χ0v) is 9.58. The lowest BCUT2D eigenvalue weighted by atomic mass is 10.2. The Morgan fingerprint density at radius 2 is 1.89 bits per heavy atom. The molecule has 0 saturated carbocycles. The zero-order chi connectivity index (χ0) is 13.1. The number of aldehydes is 1. The predicted octanol–water partition coefficient (Wildman–Crippen LogP) is 2.96. The van der Waals surface area contributed by atoms with Gasteiger partial charge < -0.3 is 5.32 Å². The Hall–Kier alpha value is -2.08. The Kier molecular flexibility index (Phi) is 3.47. The van der Waals surface area contributed by atoms with Gasteiger partial charge in [0.25, 0.3) is 0 Å². The van der Waals surface area contributed by atoms with Crippen molar-refractivity contribution in [2.24, 2.45) is 0 Å². The van der Waals surface area contributed by atoms with Gasteiger partial charge in [-0.3, -0.25) is 4.79 Å². The van der Waals surface area contributed by atoms with Crippen LogP contribution in [0.5, 0.6) is 0 Å². The van der Waals surface area contributed by atoms with E-state index in [-0.39, 0.29) is 16.5 Å². The van der Waals surface area contributed by atoms with E-state index in [1.165, 1.54) is 6.07 Å². The highest BCUT2D eigenvalue weighted by Gasteiger charge is 2.13. The minimum absolute atomic E-state index is 0.0611. The summed E-state index contributed by atoms with van der Waals surface area (Å²) in [5.41, 5.74) is -0.475. The van der Waals surface area contributed by atoms with Crippen LogP contribution in [-0.2, 0) is 0 Å². The summed E-state index contributed by atoms with van der Waals surface area (Å²) in [6.45, 7) is 0. The topological polar surface area (TPSA) is 54.9 Å². The first-order chi connectivity index (χ1) is 8.63. The molecule has 0 amide bonds. The SMILES string of the molecule is O=Cc1c(Cl)ncnc1Nc1c(F)cccc1F. The van der Waals surface area contributed by atoms with Crippen molar-refractivity contribution < 1.29 is 13.6 Å². The molecule has 0 aliphatic heterocycles. The van der Waals surface area contributed by atoms with Gasteiger partial charge in [-0.2, -0.15) is 0 Å². The van der Waals surface area contributed by atoms with Crippen molar-refractivity contribution in [1.29, 1.82) is 0 Å². The molecule has 1 N–H and O–H groups in total. The summed E-state index contributed by atoms with van der Waals surface area (Å²) in [6, 6.07) is 3.38. The number of aromatic nitrogens is 2. The first kappa shape index (κ1) is 12.4. The fraction of sp³-hybridized carbons (Fsp3) is 0. The molecule has 0 unspecified atom stereocenters. The summed E-state index contributed by atoms with van der Waals surface area (Å²) in [7, 11) is 0. The first-order valence-corrected chi connectivity index (χ1v) is 5.18. The second-order valence-electron chi connectivity index (χ2n) is 3.27. The van der Waals surface area contributed by atoms with Gasteiger partial charge in [0.05, 0.1) is 5.56 Å². The lowest BCUT2D eigenvalue weighted by Gasteiger charge is -2.09. The average molecular weight is 270 g/mol. The molecule has 0 radical (unpaired) electrons. The van der Waals surface area contributed by atoms with Crippen molar-refractivity contribution >= 4 is 29.4 Å². The Labute approximate surface area is 106 Å². The highest BCUT2D eigenvalue weighted by atomic mass is 35.5. The van der Waals surface area contributed by atoms with Gasteiger partial charge in [0.1, 0.15) is 34.6 Å². The maximum atomic E-state index is 13.4. The summed E-state index contributed by atoms with van der Waals surface area (Å²) in [5, 5.41) is 2.29. The summed E-state index contributed by atoms with van der Waals surface area (Å²) >= 11 is 5.67. The lowest BCUT2D eigenvalue weighted by molar-refractivity contribution is 0.112. The van der Waals surface area contributed by atoms with E-state index in [1.54, 1.807) is 0 Å². The molecule has 1 aromatic carbocycles. The summed E-state index contributed by atoms with van der Waals surface area (Å²) < 4.78 is 26.8. The van der Waals surface area contributed by atoms with Crippen LogP contribution in [-0.4, -0.2) is 16.3 Å². The molecule has 0 aliphatic rings. The Morgan fingerprint density at radius 3 is 2.50 bits per heavy atom. The van der Waals surface area contributed by atoms with E-state index in [2.05, 4.69) is 15.3 Å². The number of nitrogens with one attached hydrogen (secondary N) is 1. The van der Waals surface area contributed by atoms with Crippen LogP contribution < -0.4 is 5.32 Å². The van der Waals surface area contributed by atoms with Crippen molar-refractivity contribution in [3.63, 3.8) is 0 Å². The molecule has 18 heavy (non-hydrogen) atoms. The molecule has 4 nitrogen and oxygen atoms in total. The van der Waals surface area contributed by atoms with E-state index in [1.807, 2.05) is 0 Å². The second kappa shape index (κ2) is 5.05. The zero-order valence-electron chi connectivity index (χ0n) is 8.82. The van der Waals surface area contributed by atoms with Gasteiger partial charge in [-0.25, -0.2) is 18.7 Å².